The third-order valence-electron chi connectivity index (χ3n) is 2.37. The molecule has 1 aromatic heterocycles. The van der Waals surface area contributed by atoms with Crippen molar-refractivity contribution in [3.63, 3.8) is 0 Å². The van der Waals surface area contributed by atoms with Crippen LogP contribution in [0.5, 0.6) is 23.8 Å². The van der Waals surface area contributed by atoms with Gasteiger partial charge in [-0.3, -0.25) is 0 Å². The molecule has 106 valence electrons. The molecule has 0 aliphatic rings. The van der Waals surface area contributed by atoms with E-state index in [2.05, 4.69) is 15.0 Å². The van der Waals surface area contributed by atoms with Crippen molar-refractivity contribution in [1.82, 2.24) is 15.0 Å². The smallest absolute Gasteiger partial charge is 0.331 e. The van der Waals surface area contributed by atoms with Crippen molar-refractivity contribution >= 4 is 0 Å². The van der Waals surface area contributed by atoms with Crippen LogP contribution in [0.15, 0.2) is 18.2 Å². The van der Waals surface area contributed by atoms with Crippen LogP contribution >= 0.6 is 0 Å². The van der Waals surface area contributed by atoms with Gasteiger partial charge in [-0.2, -0.15) is 0 Å². The van der Waals surface area contributed by atoms with Gasteiger partial charge in [0.1, 0.15) is 0 Å². The van der Waals surface area contributed by atoms with E-state index in [4.69, 9.17) is 19.9 Å². The summed E-state index contributed by atoms with van der Waals surface area (Å²) in [6, 6.07) is 4.25. The topological polar surface area (TPSA) is 92.4 Å². The first-order chi connectivity index (χ1) is 9.66. The molecule has 0 aliphatic heterocycles. The van der Waals surface area contributed by atoms with Gasteiger partial charge in [0.15, 0.2) is 11.6 Å². The molecule has 0 fully saturated rings. The predicted molar refractivity (Wildman–Crippen MR) is 67.3 cm³/mol. The number of nitrogens with two attached hydrogens (primary N) is 1. The van der Waals surface area contributed by atoms with Crippen molar-refractivity contribution in [2.45, 2.75) is 6.54 Å². The van der Waals surface area contributed by atoms with Crippen LogP contribution < -0.4 is 19.9 Å². The minimum atomic E-state index is -0.564. The minimum absolute atomic E-state index is 0.00540. The van der Waals surface area contributed by atoms with Gasteiger partial charge in [0.05, 0.1) is 14.2 Å². The summed E-state index contributed by atoms with van der Waals surface area (Å²) in [5.41, 5.74) is 6.08. The lowest BCUT2D eigenvalue weighted by molar-refractivity contribution is 0.317. The minimum Gasteiger partial charge on any atom is -0.467 e. The van der Waals surface area contributed by atoms with Crippen molar-refractivity contribution in [3.05, 3.63) is 29.6 Å². The lowest BCUT2D eigenvalue weighted by Crippen LogP contribution is -2.02. The molecule has 1 aromatic carbocycles. The fourth-order valence-electron chi connectivity index (χ4n) is 1.40. The van der Waals surface area contributed by atoms with Gasteiger partial charge >= 0.3 is 18.0 Å². The van der Waals surface area contributed by atoms with E-state index in [-0.39, 0.29) is 30.3 Å². The second kappa shape index (κ2) is 6.11. The Morgan fingerprint density at radius 3 is 2.15 bits per heavy atom. The Kier molecular flexibility index (Phi) is 4.26. The number of benzene rings is 1. The normalized spacial score (nSPS) is 10.2. The van der Waals surface area contributed by atoms with E-state index >= 15 is 0 Å². The molecule has 20 heavy (non-hydrogen) atoms. The number of hydrogen-bond acceptors (Lipinski definition) is 7. The van der Waals surface area contributed by atoms with Gasteiger partial charge in [0.25, 0.3) is 0 Å². The van der Waals surface area contributed by atoms with Gasteiger partial charge in [0.2, 0.25) is 0 Å². The van der Waals surface area contributed by atoms with Crippen LogP contribution in [0.25, 0.3) is 0 Å². The highest BCUT2D eigenvalue weighted by atomic mass is 19.1. The lowest BCUT2D eigenvalue weighted by Gasteiger charge is -2.08. The Labute approximate surface area is 114 Å². The molecule has 0 saturated heterocycles. The summed E-state index contributed by atoms with van der Waals surface area (Å²) in [7, 11) is 2.77. The second-order valence-corrected chi connectivity index (χ2v) is 3.66. The molecule has 0 radical (unpaired) electrons. The number of rotatable bonds is 5. The second-order valence-electron chi connectivity index (χ2n) is 3.66. The van der Waals surface area contributed by atoms with Gasteiger partial charge in [0, 0.05) is 6.54 Å². The van der Waals surface area contributed by atoms with E-state index < -0.39 is 5.82 Å². The van der Waals surface area contributed by atoms with Gasteiger partial charge in [-0.05, 0) is 17.7 Å². The zero-order valence-corrected chi connectivity index (χ0v) is 11.0. The number of halogens is 1. The largest absolute Gasteiger partial charge is 0.467 e. The molecule has 2 N–H and O–H groups in total. The highest BCUT2D eigenvalue weighted by Gasteiger charge is 2.12. The Morgan fingerprint density at radius 2 is 1.65 bits per heavy atom. The Balaban J connectivity index is 2.29. The van der Waals surface area contributed by atoms with E-state index in [0.717, 1.165) is 0 Å². The average molecular weight is 280 g/mol. The number of ether oxygens (including phenoxy) is 3. The predicted octanol–water partition coefficient (Wildman–Crippen LogP) is 1.28. The Bertz CT molecular complexity index is 587. The summed E-state index contributed by atoms with van der Waals surface area (Å²) in [5, 5.41) is 0. The van der Waals surface area contributed by atoms with Gasteiger partial charge in [-0.1, -0.05) is 6.07 Å². The maximum Gasteiger partial charge on any atom is 0.331 e. The van der Waals surface area contributed by atoms with Crippen molar-refractivity contribution in [3.8, 4) is 23.8 Å². The molecule has 0 aliphatic carbocycles. The number of hydrogen-bond donors (Lipinski definition) is 1. The average Bonchev–Trinajstić information content (AvgIpc) is 2.48. The molecule has 1 heterocycles. The highest BCUT2D eigenvalue weighted by Crippen LogP contribution is 2.24. The molecule has 0 atom stereocenters. The van der Waals surface area contributed by atoms with E-state index in [0.29, 0.717) is 5.56 Å². The number of aromatic nitrogens is 3. The number of nitrogens with zero attached hydrogens (tertiary/aromatic N) is 3. The van der Waals surface area contributed by atoms with Crippen molar-refractivity contribution < 1.29 is 18.6 Å². The Morgan fingerprint density at radius 1 is 1.05 bits per heavy atom. The molecule has 8 heteroatoms. The quantitative estimate of drug-likeness (QED) is 0.881. The standard InChI is InChI=1S/C12H13FN4O3/c1-18-10-15-11(19-2)17-12(16-10)20-9-4-3-7(6-14)5-8(9)13/h3-5H,6,14H2,1-2H3. The third kappa shape index (κ3) is 3.09. The van der Waals surface area contributed by atoms with Gasteiger partial charge in [-0.25, -0.2) is 4.39 Å². The lowest BCUT2D eigenvalue weighted by atomic mass is 10.2. The van der Waals surface area contributed by atoms with Crippen molar-refractivity contribution in [1.29, 1.82) is 0 Å². The monoisotopic (exact) mass is 280 g/mol. The van der Waals surface area contributed by atoms with E-state index in [9.17, 15) is 4.39 Å². The number of methoxy groups -OCH3 is 2. The van der Waals surface area contributed by atoms with Crippen LogP contribution in [0.1, 0.15) is 5.56 Å². The first kappa shape index (κ1) is 13.9. The summed E-state index contributed by atoms with van der Waals surface area (Å²) in [5.74, 6) is -0.594. The molecular weight excluding hydrogens is 267 g/mol. The molecule has 0 unspecified atom stereocenters. The fourth-order valence-corrected chi connectivity index (χ4v) is 1.40. The fraction of sp³-hybridized carbons (Fsp3) is 0.250. The first-order valence-corrected chi connectivity index (χ1v) is 5.66. The van der Waals surface area contributed by atoms with Crippen LogP contribution in [0.4, 0.5) is 4.39 Å². The molecule has 7 nitrogen and oxygen atoms in total. The zero-order chi connectivity index (χ0) is 14.5. The summed E-state index contributed by atoms with van der Waals surface area (Å²) in [6.07, 6.45) is 0. The van der Waals surface area contributed by atoms with Crippen LogP contribution in [-0.4, -0.2) is 29.2 Å². The van der Waals surface area contributed by atoms with Crippen molar-refractivity contribution in [2.75, 3.05) is 14.2 Å². The molecule has 0 saturated carbocycles. The van der Waals surface area contributed by atoms with Gasteiger partial charge in [-0.15, -0.1) is 15.0 Å². The molecule has 0 amide bonds. The summed E-state index contributed by atoms with van der Waals surface area (Å²) >= 11 is 0. The first-order valence-electron chi connectivity index (χ1n) is 5.66. The van der Waals surface area contributed by atoms with Gasteiger partial charge < -0.3 is 19.9 Å². The van der Waals surface area contributed by atoms with E-state index in [1.807, 2.05) is 0 Å². The van der Waals surface area contributed by atoms with Crippen LogP contribution in [0.2, 0.25) is 0 Å². The summed E-state index contributed by atoms with van der Waals surface area (Å²) < 4.78 is 28.8. The molecule has 0 spiro atoms. The summed E-state index contributed by atoms with van der Waals surface area (Å²) in [4.78, 5) is 11.5. The maximum absolute atomic E-state index is 13.8. The highest BCUT2D eigenvalue weighted by molar-refractivity contribution is 5.31. The van der Waals surface area contributed by atoms with Crippen LogP contribution in [0.3, 0.4) is 0 Å². The maximum atomic E-state index is 13.8. The van der Waals surface area contributed by atoms with Crippen LogP contribution in [-0.2, 0) is 6.54 Å². The van der Waals surface area contributed by atoms with Crippen LogP contribution in [0, 0.1) is 5.82 Å². The molecule has 0 bridgehead atoms. The third-order valence-corrected chi connectivity index (χ3v) is 2.37. The van der Waals surface area contributed by atoms with E-state index in [1.165, 1.54) is 26.4 Å². The SMILES string of the molecule is COc1nc(OC)nc(Oc2ccc(CN)cc2F)n1. The van der Waals surface area contributed by atoms with Crippen molar-refractivity contribution in [2.24, 2.45) is 5.73 Å². The Hall–Kier alpha value is -2.48. The summed E-state index contributed by atoms with van der Waals surface area (Å²) in [6.45, 7) is 0.241. The zero-order valence-electron chi connectivity index (χ0n) is 11.0. The molecule has 2 rings (SSSR count). The molecule has 2 aromatic rings. The molecular formula is C12H13FN4O3. The van der Waals surface area contributed by atoms with E-state index in [1.54, 1.807) is 6.07 Å².